The zero-order chi connectivity index (χ0) is 20.5. The monoisotopic (exact) mass is 405 g/mol. The fourth-order valence-corrected chi connectivity index (χ4v) is 2.63. The highest BCUT2D eigenvalue weighted by Crippen LogP contribution is 2.29. The van der Waals surface area contributed by atoms with E-state index in [1.807, 2.05) is 32.0 Å². The summed E-state index contributed by atoms with van der Waals surface area (Å²) < 4.78 is 16.3. The summed E-state index contributed by atoms with van der Waals surface area (Å²) in [4.78, 5) is 24.6. The first kappa shape index (κ1) is 21.6. The zero-order valence-electron chi connectivity index (χ0n) is 16.2. The number of amides is 1. The van der Waals surface area contributed by atoms with Crippen molar-refractivity contribution >= 4 is 23.5 Å². The second-order valence-corrected chi connectivity index (χ2v) is 6.29. The van der Waals surface area contributed by atoms with Crippen LogP contribution in [0.3, 0.4) is 0 Å². The highest BCUT2D eigenvalue weighted by atomic mass is 35.5. The van der Waals surface area contributed by atoms with E-state index in [2.05, 4.69) is 5.32 Å². The van der Waals surface area contributed by atoms with E-state index >= 15 is 0 Å². The molecule has 0 aromatic heterocycles. The molecule has 0 aliphatic rings. The summed E-state index contributed by atoms with van der Waals surface area (Å²) in [7, 11) is 0. The number of carbonyl (C=O) groups excluding carboxylic acids is 2. The van der Waals surface area contributed by atoms with E-state index in [-0.39, 0.29) is 12.1 Å². The normalized spacial score (nSPS) is 11.4. The Kier molecular flexibility index (Phi) is 8.14. The smallest absolute Gasteiger partial charge is 0.339 e. The average Bonchev–Trinajstić information content (AvgIpc) is 2.68. The minimum absolute atomic E-state index is 0.248. The molecule has 28 heavy (non-hydrogen) atoms. The van der Waals surface area contributed by atoms with Gasteiger partial charge in [-0.3, -0.25) is 4.79 Å². The molecule has 1 N–H and O–H groups in total. The van der Waals surface area contributed by atoms with E-state index < -0.39 is 18.0 Å². The van der Waals surface area contributed by atoms with E-state index in [1.54, 1.807) is 24.3 Å². The molecule has 1 atom stereocenters. The Morgan fingerprint density at radius 2 is 1.71 bits per heavy atom. The number of hydrogen-bond acceptors (Lipinski definition) is 5. The Balaban J connectivity index is 1.98. The number of esters is 1. The van der Waals surface area contributed by atoms with E-state index in [9.17, 15) is 9.59 Å². The van der Waals surface area contributed by atoms with E-state index in [0.717, 1.165) is 5.56 Å². The van der Waals surface area contributed by atoms with Crippen molar-refractivity contribution in [3.8, 4) is 11.5 Å². The molecule has 0 heterocycles. The Hall–Kier alpha value is -2.73. The topological polar surface area (TPSA) is 73.9 Å². The van der Waals surface area contributed by atoms with Gasteiger partial charge in [0.05, 0.1) is 18.8 Å². The summed E-state index contributed by atoms with van der Waals surface area (Å²) in [6.07, 6.45) is -0.961. The molecule has 2 aromatic carbocycles. The van der Waals surface area contributed by atoms with Crippen molar-refractivity contribution in [2.24, 2.45) is 0 Å². The lowest BCUT2D eigenvalue weighted by atomic mass is 10.2. The summed E-state index contributed by atoms with van der Waals surface area (Å²) in [5, 5.41) is 3.27. The molecule has 6 nitrogen and oxygen atoms in total. The van der Waals surface area contributed by atoms with Crippen molar-refractivity contribution in [1.29, 1.82) is 0 Å². The number of benzene rings is 2. The van der Waals surface area contributed by atoms with Crippen LogP contribution in [0, 0.1) is 0 Å². The number of ether oxygens (including phenoxy) is 3. The summed E-state index contributed by atoms with van der Waals surface area (Å²) in [5.41, 5.74) is 1.06. The number of rotatable bonds is 9. The highest BCUT2D eigenvalue weighted by molar-refractivity contribution is 6.31. The van der Waals surface area contributed by atoms with Gasteiger partial charge in [0, 0.05) is 11.6 Å². The van der Waals surface area contributed by atoms with Gasteiger partial charge in [0.2, 0.25) is 0 Å². The zero-order valence-corrected chi connectivity index (χ0v) is 16.9. The highest BCUT2D eigenvalue weighted by Gasteiger charge is 2.20. The van der Waals surface area contributed by atoms with Gasteiger partial charge in [-0.1, -0.05) is 29.8 Å². The number of hydrogen-bond donors (Lipinski definition) is 1. The van der Waals surface area contributed by atoms with Gasteiger partial charge in [0.15, 0.2) is 17.6 Å². The summed E-state index contributed by atoms with van der Waals surface area (Å²) in [6.45, 7) is 6.37. The van der Waals surface area contributed by atoms with Crippen LogP contribution in [-0.2, 0) is 16.1 Å². The van der Waals surface area contributed by atoms with Crippen molar-refractivity contribution in [1.82, 2.24) is 5.32 Å². The molecule has 0 aliphatic heterocycles. The van der Waals surface area contributed by atoms with Crippen molar-refractivity contribution < 1.29 is 23.8 Å². The molecule has 0 saturated carbocycles. The third-order valence-electron chi connectivity index (χ3n) is 3.84. The molecule has 150 valence electrons. The molecular formula is C21H24ClNO5. The van der Waals surface area contributed by atoms with Crippen molar-refractivity contribution in [3.63, 3.8) is 0 Å². The van der Waals surface area contributed by atoms with Crippen LogP contribution in [-0.4, -0.2) is 31.2 Å². The summed E-state index contributed by atoms with van der Waals surface area (Å²) >= 11 is 6.07. The molecule has 2 rings (SSSR count). The van der Waals surface area contributed by atoms with Gasteiger partial charge in [-0.05, 0) is 50.6 Å². The number of carbonyl (C=O) groups is 2. The van der Waals surface area contributed by atoms with Crippen LogP contribution < -0.4 is 14.8 Å². The molecule has 2 aromatic rings. The third kappa shape index (κ3) is 5.89. The Labute approximate surface area is 169 Å². The molecule has 0 radical (unpaired) electrons. The number of halogens is 1. The van der Waals surface area contributed by atoms with Crippen LogP contribution in [0.1, 0.15) is 36.7 Å². The van der Waals surface area contributed by atoms with Crippen molar-refractivity contribution in [3.05, 3.63) is 58.6 Å². The Morgan fingerprint density at radius 3 is 2.39 bits per heavy atom. The minimum atomic E-state index is -0.961. The lowest BCUT2D eigenvalue weighted by molar-refractivity contribution is -0.129. The molecule has 0 fully saturated rings. The van der Waals surface area contributed by atoms with Crippen LogP contribution in [0.25, 0.3) is 0 Å². The quantitative estimate of drug-likeness (QED) is 0.638. The summed E-state index contributed by atoms with van der Waals surface area (Å²) in [6, 6.07) is 12.0. The lowest BCUT2D eigenvalue weighted by Crippen LogP contribution is -2.35. The maximum absolute atomic E-state index is 12.4. The second-order valence-electron chi connectivity index (χ2n) is 5.88. The Morgan fingerprint density at radius 1 is 1.04 bits per heavy atom. The molecule has 0 bridgehead atoms. The van der Waals surface area contributed by atoms with Crippen molar-refractivity contribution in [2.45, 2.75) is 33.4 Å². The van der Waals surface area contributed by atoms with Crippen LogP contribution >= 0.6 is 11.6 Å². The van der Waals surface area contributed by atoms with E-state index in [0.29, 0.717) is 29.7 Å². The maximum atomic E-state index is 12.4. The first-order chi connectivity index (χ1) is 13.5. The van der Waals surface area contributed by atoms with Crippen molar-refractivity contribution in [2.75, 3.05) is 13.2 Å². The molecule has 7 heteroatoms. The SMILES string of the molecule is CCOc1ccc(C(=O)OC(C)C(=O)NCc2ccccc2Cl)cc1OCC. The fourth-order valence-electron chi connectivity index (χ4n) is 2.43. The van der Waals surface area contributed by atoms with Gasteiger partial charge >= 0.3 is 5.97 Å². The summed E-state index contributed by atoms with van der Waals surface area (Å²) in [5.74, 6) is -0.0327. The average molecular weight is 406 g/mol. The molecule has 0 aliphatic carbocycles. The minimum Gasteiger partial charge on any atom is -0.490 e. The predicted molar refractivity (Wildman–Crippen MR) is 107 cm³/mol. The van der Waals surface area contributed by atoms with Crippen LogP contribution in [0.5, 0.6) is 11.5 Å². The van der Waals surface area contributed by atoms with E-state index in [4.69, 9.17) is 25.8 Å². The largest absolute Gasteiger partial charge is 0.490 e. The van der Waals surface area contributed by atoms with Gasteiger partial charge in [0.1, 0.15) is 0 Å². The Bertz CT molecular complexity index is 824. The molecule has 1 unspecified atom stereocenters. The van der Waals surface area contributed by atoms with Crippen LogP contribution in [0.15, 0.2) is 42.5 Å². The number of nitrogens with one attached hydrogen (secondary N) is 1. The first-order valence-electron chi connectivity index (χ1n) is 9.08. The van der Waals surface area contributed by atoms with Crippen LogP contribution in [0.2, 0.25) is 5.02 Å². The van der Waals surface area contributed by atoms with E-state index in [1.165, 1.54) is 6.92 Å². The molecular weight excluding hydrogens is 382 g/mol. The molecule has 0 saturated heterocycles. The van der Waals surface area contributed by atoms with Gasteiger partial charge in [-0.2, -0.15) is 0 Å². The third-order valence-corrected chi connectivity index (χ3v) is 4.21. The van der Waals surface area contributed by atoms with Gasteiger partial charge in [-0.25, -0.2) is 4.79 Å². The molecule has 0 spiro atoms. The van der Waals surface area contributed by atoms with Gasteiger partial charge in [-0.15, -0.1) is 0 Å². The lowest BCUT2D eigenvalue weighted by Gasteiger charge is -2.15. The fraction of sp³-hybridized carbons (Fsp3) is 0.333. The second kappa shape index (κ2) is 10.6. The van der Waals surface area contributed by atoms with Crippen LogP contribution in [0.4, 0.5) is 0 Å². The standard InChI is InChI=1S/C21H24ClNO5/c1-4-26-18-11-10-15(12-19(18)27-5-2)21(25)28-14(3)20(24)23-13-16-8-6-7-9-17(16)22/h6-12,14H,4-5,13H2,1-3H3,(H,23,24). The molecule has 1 amide bonds. The predicted octanol–water partition coefficient (Wildman–Crippen LogP) is 4.00. The van der Waals surface area contributed by atoms with Gasteiger partial charge < -0.3 is 19.5 Å². The maximum Gasteiger partial charge on any atom is 0.339 e. The van der Waals surface area contributed by atoms with Gasteiger partial charge in [0.25, 0.3) is 5.91 Å². The first-order valence-corrected chi connectivity index (χ1v) is 9.45.